The van der Waals surface area contributed by atoms with Crippen molar-refractivity contribution in [1.29, 1.82) is 0 Å². The van der Waals surface area contributed by atoms with E-state index in [1.54, 1.807) is 22.3 Å². The van der Waals surface area contributed by atoms with Gasteiger partial charge in [0.15, 0.2) is 0 Å². The zero-order valence-electron chi connectivity index (χ0n) is 10.8. The molecule has 2 rings (SSSR count). The summed E-state index contributed by atoms with van der Waals surface area (Å²) >= 11 is 8.05. The number of halogens is 1. The summed E-state index contributed by atoms with van der Waals surface area (Å²) in [7, 11) is 1.91. The van der Waals surface area contributed by atoms with Crippen LogP contribution in [-0.4, -0.2) is 21.3 Å². The average Bonchev–Trinajstić information content (AvgIpc) is 2.88. The maximum Gasteiger partial charge on any atom is 0.138 e. The van der Waals surface area contributed by atoms with Crippen LogP contribution in [0.3, 0.4) is 0 Å². The molecule has 6 heteroatoms. The van der Waals surface area contributed by atoms with E-state index in [0.29, 0.717) is 0 Å². The molecule has 0 saturated carbocycles. The topological polar surface area (TPSA) is 42.7 Å². The SMILES string of the molecule is CCNC(Cc1ncnn1C)c1scc(C)c1Cl. The van der Waals surface area contributed by atoms with Crippen LogP contribution in [0.1, 0.15) is 29.2 Å². The molecule has 4 nitrogen and oxygen atoms in total. The molecule has 2 heterocycles. The predicted molar refractivity (Wildman–Crippen MR) is 75.2 cm³/mol. The molecule has 0 aliphatic rings. The molecule has 0 saturated heterocycles. The third kappa shape index (κ3) is 2.74. The van der Waals surface area contributed by atoms with Gasteiger partial charge in [-0.1, -0.05) is 18.5 Å². The van der Waals surface area contributed by atoms with Gasteiger partial charge in [-0.05, 0) is 24.4 Å². The van der Waals surface area contributed by atoms with Crippen molar-refractivity contribution in [3.63, 3.8) is 0 Å². The number of aromatic nitrogens is 3. The molecule has 0 radical (unpaired) electrons. The summed E-state index contributed by atoms with van der Waals surface area (Å²) in [5, 5.41) is 10.5. The highest BCUT2D eigenvalue weighted by Gasteiger charge is 2.19. The second kappa shape index (κ2) is 5.82. The molecule has 0 fully saturated rings. The van der Waals surface area contributed by atoms with Gasteiger partial charge in [0.2, 0.25) is 0 Å². The number of nitrogens with one attached hydrogen (secondary N) is 1. The van der Waals surface area contributed by atoms with Gasteiger partial charge in [-0.2, -0.15) is 5.10 Å². The molecule has 18 heavy (non-hydrogen) atoms. The summed E-state index contributed by atoms with van der Waals surface area (Å²) in [4.78, 5) is 5.45. The Morgan fingerprint density at radius 2 is 2.33 bits per heavy atom. The second-order valence-electron chi connectivity index (χ2n) is 4.21. The van der Waals surface area contributed by atoms with E-state index in [2.05, 4.69) is 27.7 Å². The normalized spacial score (nSPS) is 12.9. The van der Waals surface area contributed by atoms with E-state index < -0.39 is 0 Å². The van der Waals surface area contributed by atoms with E-state index in [1.165, 1.54) is 4.88 Å². The minimum atomic E-state index is 0.198. The van der Waals surface area contributed by atoms with Gasteiger partial charge >= 0.3 is 0 Å². The zero-order valence-corrected chi connectivity index (χ0v) is 12.3. The van der Waals surface area contributed by atoms with Crippen LogP contribution in [0.15, 0.2) is 11.7 Å². The van der Waals surface area contributed by atoms with Gasteiger partial charge in [0, 0.05) is 18.3 Å². The van der Waals surface area contributed by atoms with E-state index in [0.717, 1.165) is 29.4 Å². The molecule has 0 aliphatic carbocycles. The highest BCUT2D eigenvalue weighted by atomic mass is 35.5. The lowest BCUT2D eigenvalue weighted by molar-refractivity contribution is 0.529. The molecule has 2 aromatic heterocycles. The molecule has 0 spiro atoms. The Balaban J connectivity index is 2.23. The Morgan fingerprint density at radius 3 is 2.83 bits per heavy atom. The van der Waals surface area contributed by atoms with Gasteiger partial charge in [0.25, 0.3) is 0 Å². The molecule has 0 aliphatic heterocycles. The van der Waals surface area contributed by atoms with Crippen molar-refractivity contribution >= 4 is 22.9 Å². The minimum absolute atomic E-state index is 0.198. The Labute approximate surface area is 116 Å². The number of rotatable bonds is 5. The largest absolute Gasteiger partial charge is 0.309 e. The van der Waals surface area contributed by atoms with Crippen LogP contribution in [0.5, 0.6) is 0 Å². The van der Waals surface area contributed by atoms with Crippen LogP contribution < -0.4 is 5.32 Å². The van der Waals surface area contributed by atoms with Crippen molar-refractivity contribution in [2.24, 2.45) is 7.05 Å². The quantitative estimate of drug-likeness (QED) is 0.918. The van der Waals surface area contributed by atoms with Crippen LogP contribution in [0.2, 0.25) is 5.02 Å². The van der Waals surface area contributed by atoms with Crippen molar-refractivity contribution in [1.82, 2.24) is 20.1 Å². The Bertz CT molecular complexity index is 520. The molecular weight excluding hydrogens is 268 g/mol. The van der Waals surface area contributed by atoms with Gasteiger partial charge in [0.1, 0.15) is 12.2 Å². The number of hydrogen-bond acceptors (Lipinski definition) is 4. The standard InChI is InChI=1S/C12H17ClN4S/c1-4-14-9(5-10-15-7-16-17(10)3)12-11(13)8(2)6-18-12/h6-7,9,14H,4-5H2,1-3H3. The monoisotopic (exact) mass is 284 g/mol. The van der Waals surface area contributed by atoms with Gasteiger partial charge in [0.05, 0.1) is 11.1 Å². The molecule has 1 unspecified atom stereocenters. The van der Waals surface area contributed by atoms with Gasteiger partial charge in [-0.15, -0.1) is 11.3 Å². The fraction of sp³-hybridized carbons (Fsp3) is 0.500. The van der Waals surface area contributed by atoms with E-state index in [-0.39, 0.29) is 6.04 Å². The fourth-order valence-electron chi connectivity index (χ4n) is 1.88. The third-order valence-corrected chi connectivity index (χ3v) is 4.71. The van der Waals surface area contributed by atoms with Crippen molar-refractivity contribution in [2.45, 2.75) is 26.3 Å². The van der Waals surface area contributed by atoms with Crippen molar-refractivity contribution in [3.05, 3.63) is 33.0 Å². The summed E-state index contributed by atoms with van der Waals surface area (Å²) in [6, 6.07) is 0.198. The van der Waals surface area contributed by atoms with E-state index in [9.17, 15) is 0 Å². The molecule has 1 N–H and O–H groups in total. The first-order chi connectivity index (χ1) is 8.63. The first-order valence-electron chi connectivity index (χ1n) is 5.93. The van der Waals surface area contributed by atoms with Crippen molar-refractivity contribution in [2.75, 3.05) is 6.54 Å². The van der Waals surface area contributed by atoms with Crippen LogP contribution in [0, 0.1) is 6.92 Å². The predicted octanol–water partition coefficient (Wildman–Crippen LogP) is 2.73. The number of aryl methyl sites for hydroxylation is 2. The summed E-state index contributed by atoms with van der Waals surface area (Å²) in [5.41, 5.74) is 1.14. The maximum absolute atomic E-state index is 6.35. The van der Waals surface area contributed by atoms with E-state index in [1.807, 2.05) is 14.0 Å². The first-order valence-corrected chi connectivity index (χ1v) is 7.19. The number of nitrogens with zero attached hydrogens (tertiary/aromatic N) is 3. The first kappa shape index (κ1) is 13.5. The van der Waals surface area contributed by atoms with Crippen molar-refractivity contribution < 1.29 is 0 Å². The third-order valence-electron chi connectivity index (χ3n) is 2.88. The average molecular weight is 285 g/mol. The molecule has 98 valence electrons. The Morgan fingerprint density at radius 1 is 1.56 bits per heavy atom. The molecule has 0 bridgehead atoms. The van der Waals surface area contributed by atoms with Gasteiger partial charge in [-0.3, -0.25) is 4.68 Å². The van der Waals surface area contributed by atoms with Gasteiger partial charge in [-0.25, -0.2) is 4.98 Å². The fourth-order valence-corrected chi connectivity index (χ4v) is 3.28. The Kier molecular flexibility index (Phi) is 4.37. The van der Waals surface area contributed by atoms with Crippen LogP contribution in [0.4, 0.5) is 0 Å². The smallest absolute Gasteiger partial charge is 0.138 e. The zero-order chi connectivity index (χ0) is 13.1. The van der Waals surface area contributed by atoms with Crippen LogP contribution in [0.25, 0.3) is 0 Å². The number of thiophene rings is 1. The van der Waals surface area contributed by atoms with Crippen molar-refractivity contribution in [3.8, 4) is 0 Å². The lowest BCUT2D eigenvalue weighted by Gasteiger charge is -2.16. The van der Waals surface area contributed by atoms with Crippen LogP contribution in [-0.2, 0) is 13.5 Å². The second-order valence-corrected chi connectivity index (χ2v) is 5.50. The lowest BCUT2D eigenvalue weighted by Crippen LogP contribution is -2.23. The maximum atomic E-state index is 6.35. The number of hydrogen-bond donors (Lipinski definition) is 1. The number of likely N-dealkylation sites (N-methyl/N-ethyl adjacent to an activating group) is 1. The molecular formula is C12H17ClN4S. The molecule has 0 aromatic carbocycles. The van der Waals surface area contributed by atoms with E-state index >= 15 is 0 Å². The summed E-state index contributed by atoms with van der Waals surface area (Å²) in [6.45, 7) is 5.03. The summed E-state index contributed by atoms with van der Waals surface area (Å²) in [6.07, 6.45) is 2.38. The minimum Gasteiger partial charge on any atom is -0.309 e. The summed E-state index contributed by atoms with van der Waals surface area (Å²) < 4.78 is 1.80. The van der Waals surface area contributed by atoms with E-state index in [4.69, 9.17) is 11.6 Å². The summed E-state index contributed by atoms with van der Waals surface area (Å²) in [5.74, 6) is 0.961. The molecule has 0 amide bonds. The van der Waals surface area contributed by atoms with Crippen LogP contribution >= 0.6 is 22.9 Å². The molecule has 1 atom stereocenters. The highest BCUT2D eigenvalue weighted by Crippen LogP contribution is 2.33. The molecule has 2 aromatic rings. The van der Waals surface area contributed by atoms with Gasteiger partial charge < -0.3 is 5.32 Å². The lowest BCUT2D eigenvalue weighted by atomic mass is 10.1. The Hall–Kier alpha value is -0.910. The highest BCUT2D eigenvalue weighted by molar-refractivity contribution is 7.10.